The molecule has 0 fully saturated rings. The number of aryl methyl sites for hydroxylation is 1. The Kier molecular flexibility index (Phi) is 8.62. The zero-order chi connectivity index (χ0) is 20.2. The molecule has 0 radical (unpaired) electrons. The molecule has 0 amide bonds. The van der Waals surface area contributed by atoms with Gasteiger partial charge in [0.2, 0.25) is 6.33 Å². The number of rotatable bonds is 7. The molecular weight excluding hydrogens is 368 g/mol. The molecule has 0 saturated heterocycles. The number of aromatic nitrogens is 2. The Morgan fingerprint density at radius 3 is 2.00 bits per heavy atom. The van der Waals surface area contributed by atoms with Crippen LogP contribution in [0.25, 0.3) is 0 Å². The Balaban J connectivity index is 0.00000392. The zero-order valence-corrected chi connectivity index (χ0v) is 19.6. The van der Waals surface area contributed by atoms with Gasteiger partial charge in [-0.1, -0.05) is 61.3 Å². The third-order valence-electron chi connectivity index (χ3n) is 5.17. The van der Waals surface area contributed by atoms with Crippen molar-refractivity contribution in [3.05, 3.63) is 47.5 Å². The van der Waals surface area contributed by atoms with Crippen molar-refractivity contribution in [3.8, 4) is 5.75 Å². The SMILES string of the molecule is CCCCCCn1cc[n+](Cc2cc(C(C)(C)C)c(O)c(C(C)(C)C)c2)c1.[Cl-]. The summed E-state index contributed by atoms with van der Waals surface area (Å²) in [7, 11) is 0. The van der Waals surface area contributed by atoms with E-state index in [1.165, 1.54) is 31.2 Å². The maximum atomic E-state index is 10.9. The van der Waals surface area contributed by atoms with E-state index in [1.54, 1.807) is 0 Å². The molecule has 1 aromatic carbocycles. The molecule has 4 heteroatoms. The van der Waals surface area contributed by atoms with Gasteiger partial charge in [-0.3, -0.25) is 0 Å². The average Bonchev–Trinajstić information content (AvgIpc) is 2.98. The van der Waals surface area contributed by atoms with Gasteiger partial charge in [0, 0.05) is 0 Å². The predicted octanol–water partition coefficient (Wildman–Crippen LogP) is 2.71. The Bertz CT molecular complexity index is 716. The second-order valence-electron chi connectivity index (χ2n) is 9.92. The van der Waals surface area contributed by atoms with Gasteiger partial charge in [0.15, 0.2) is 0 Å². The normalized spacial score (nSPS) is 12.1. The van der Waals surface area contributed by atoms with Crippen molar-refractivity contribution in [2.24, 2.45) is 0 Å². The van der Waals surface area contributed by atoms with Crippen LogP contribution in [0.5, 0.6) is 5.75 Å². The predicted molar refractivity (Wildman–Crippen MR) is 113 cm³/mol. The van der Waals surface area contributed by atoms with Gasteiger partial charge in [-0.15, -0.1) is 0 Å². The summed E-state index contributed by atoms with van der Waals surface area (Å²) in [6.45, 7) is 17.2. The molecule has 0 atom stereocenters. The quantitative estimate of drug-likeness (QED) is 0.556. The zero-order valence-electron chi connectivity index (χ0n) is 18.8. The molecule has 0 saturated carbocycles. The van der Waals surface area contributed by atoms with Crippen LogP contribution in [0, 0.1) is 0 Å². The van der Waals surface area contributed by atoms with E-state index in [4.69, 9.17) is 0 Å². The number of hydrogen-bond donors (Lipinski definition) is 1. The van der Waals surface area contributed by atoms with Crippen molar-refractivity contribution in [2.75, 3.05) is 0 Å². The fraction of sp³-hybridized carbons (Fsp3) is 0.625. The van der Waals surface area contributed by atoms with Crippen LogP contribution in [0.4, 0.5) is 0 Å². The first-order chi connectivity index (χ1) is 12.5. The minimum Gasteiger partial charge on any atom is -1.00 e. The van der Waals surface area contributed by atoms with Crippen LogP contribution in [-0.2, 0) is 23.9 Å². The standard InChI is InChI=1S/C24H38N2O.ClH/c1-8-9-10-11-12-25-13-14-26(18-25)17-19-15-20(23(2,3)4)22(27)21(16-19)24(5,6)7;/h13-16,18H,8-12,17H2,1-7H3;1H. The third kappa shape index (κ3) is 6.55. The molecule has 2 rings (SSSR count). The first kappa shape index (κ1) is 24.6. The molecule has 0 bridgehead atoms. The molecule has 1 heterocycles. The molecule has 0 spiro atoms. The van der Waals surface area contributed by atoms with E-state index in [2.05, 4.69) is 88.5 Å². The van der Waals surface area contributed by atoms with Crippen molar-refractivity contribution in [3.63, 3.8) is 0 Å². The highest BCUT2D eigenvalue weighted by atomic mass is 35.5. The Morgan fingerprint density at radius 2 is 1.50 bits per heavy atom. The van der Waals surface area contributed by atoms with E-state index < -0.39 is 0 Å². The van der Waals surface area contributed by atoms with E-state index in [-0.39, 0.29) is 23.2 Å². The van der Waals surface area contributed by atoms with Gasteiger partial charge in [0.05, 0.1) is 6.54 Å². The van der Waals surface area contributed by atoms with Crippen LogP contribution < -0.4 is 17.0 Å². The fourth-order valence-corrected chi connectivity index (χ4v) is 3.53. The molecule has 0 aliphatic carbocycles. The molecule has 1 aromatic heterocycles. The summed E-state index contributed by atoms with van der Waals surface area (Å²) in [5, 5.41) is 10.9. The van der Waals surface area contributed by atoms with Crippen molar-refractivity contribution >= 4 is 0 Å². The average molecular weight is 407 g/mol. The molecule has 3 nitrogen and oxygen atoms in total. The highest BCUT2D eigenvalue weighted by molar-refractivity contribution is 5.49. The van der Waals surface area contributed by atoms with E-state index in [1.807, 2.05) is 0 Å². The maximum absolute atomic E-state index is 10.9. The lowest BCUT2D eigenvalue weighted by Crippen LogP contribution is -3.00. The second-order valence-corrected chi connectivity index (χ2v) is 9.92. The van der Waals surface area contributed by atoms with E-state index in [0.29, 0.717) is 5.75 Å². The lowest BCUT2D eigenvalue weighted by atomic mass is 9.78. The molecular formula is C24H39ClN2O. The van der Waals surface area contributed by atoms with E-state index in [9.17, 15) is 5.11 Å². The Hall–Kier alpha value is -1.48. The van der Waals surface area contributed by atoms with Crippen LogP contribution in [0.3, 0.4) is 0 Å². The molecule has 0 aliphatic heterocycles. The monoisotopic (exact) mass is 406 g/mol. The fourth-order valence-electron chi connectivity index (χ4n) is 3.53. The Labute approximate surface area is 178 Å². The van der Waals surface area contributed by atoms with Crippen molar-refractivity contribution in [2.45, 2.75) is 98.1 Å². The first-order valence-electron chi connectivity index (χ1n) is 10.4. The molecule has 28 heavy (non-hydrogen) atoms. The number of aromatic hydroxyl groups is 1. The maximum Gasteiger partial charge on any atom is 0.244 e. The number of hydrogen-bond acceptors (Lipinski definition) is 1. The Morgan fingerprint density at radius 1 is 0.929 bits per heavy atom. The van der Waals surface area contributed by atoms with Gasteiger partial charge >= 0.3 is 0 Å². The second kappa shape index (κ2) is 9.82. The first-order valence-corrected chi connectivity index (χ1v) is 10.4. The number of nitrogens with zero attached hydrogens (tertiary/aromatic N) is 2. The summed E-state index contributed by atoms with van der Waals surface area (Å²) in [4.78, 5) is 0. The molecule has 0 aliphatic rings. The summed E-state index contributed by atoms with van der Waals surface area (Å²) in [6.07, 6.45) is 11.7. The summed E-state index contributed by atoms with van der Waals surface area (Å²) in [5.74, 6) is 0.456. The summed E-state index contributed by atoms with van der Waals surface area (Å²) < 4.78 is 4.52. The summed E-state index contributed by atoms with van der Waals surface area (Å²) >= 11 is 0. The summed E-state index contributed by atoms with van der Waals surface area (Å²) in [5.41, 5.74) is 3.14. The lowest BCUT2D eigenvalue weighted by Gasteiger charge is -2.28. The third-order valence-corrected chi connectivity index (χ3v) is 5.17. The van der Waals surface area contributed by atoms with Crippen LogP contribution >= 0.6 is 0 Å². The van der Waals surface area contributed by atoms with Crippen molar-refractivity contribution in [1.29, 1.82) is 0 Å². The van der Waals surface area contributed by atoms with E-state index in [0.717, 1.165) is 24.2 Å². The molecule has 0 unspecified atom stereocenters. The largest absolute Gasteiger partial charge is 1.00 e. The van der Waals surface area contributed by atoms with Gasteiger partial charge < -0.3 is 17.5 Å². The number of benzene rings is 1. The number of halogens is 1. The smallest absolute Gasteiger partial charge is 0.244 e. The van der Waals surface area contributed by atoms with Gasteiger partial charge in [0.25, 0.3) is 0 Å². The van der Waals surface area contributed by atoms with Gasteiger partial charge in [-0.2, -0.15) is 0 Å². The van der Waals surface area contributed by atoms with Gasteiger partial charge in [-0.25, -0.2) is 9.13 Å². The number of unbranched alkanes of at least 4 members (excludes halogenated alkanes) is 3. The van der Waals surface area contributed by atoms with Crippen molar-refractivity contribution in [1.82, 2.24) is 4.57 Å². The molecule has 1 N–H and O–H groups in total. The minimum absolute atomic E-state index is 0. The van der Waals surface area contributed by atoms with Crippen molar-refractivity contribution < 1.29 is 22.1 Å². The number of phenols is 1. The summed E-state index contributed by atoms with van der Waals surface area (Å²) in [6, 6.07) is 4.35. The number of imidazole rings is 1. The highest BCUT2D eigenvalue weighted by Gasteiger charge is 2.26. The van der Waals surface area contributed by atoms with Gasteiger partial charge in [0.1, 0.15) is 24.7 Å². The van der Waals surface area contributed by atoms with Crippen LogP contribution in [0.1, 0.15) is 90.8 Å². The minimum atomic E-state index is -0.0873. The topological polar surface area (TPSA) is 29.0 Å². The molecule has 158 valence electrons. The van der Waals surface area contributed by atoms with Crippen LogP contribution in [0.15, 0.2) is 30.9 Å². The van der Waals surface area contributed by atoms with Crippen LogP contribution in [-0.4, -0.2) is 9.67 Å². The number of phenolic OH excluding ortho intramolecular Hbond substituents is 1. The van der Waals surface area contributed by atoms with Gasteiger partial charge in [-0.05, 0) is 52.5 Å². The molecule has 2 aromatic rings. The van der Waals surface area contributed by atoms with Crippen LogP contribution in [0.2, 0.25) is 0 Å². The lowest BCUT2D eigenvalue weighted by molar-refractivity contribution is -0.687. The van der Waals surface area contributed by atoms with E-state index >= 15 is 0 Å². The highest BCUT2D eigenvalue weighted by Crippen LogP contribution is 2.39.